The smallest absolute Gasteiger partial charge is 0.119 e. The van der Waals surface area contributed by atoms with Crippen molar-refractivity contribution < 1.29 is 9.84 Å². The van der Waals surface area contributed by atoms with Crippen LogP contribution in [0, 0.1) is 0 Å². The van der Waals surface area contributed by atoms with Crippen LogP contribution >= 0.6 is 0 Å². The molecule has 1 aromatic rings. The van der Waals surface area contributed by atoms with Gasteiger partial charge in [0.05, 0.1) is 13.2 Å². The number of para-hydroxylation sites is 1. The van der Waals surface area contributed by atoms with Gasteiger partial charge in [-0.25, -0.2) is 0 Å². The van der Waals surface area contributed by atoms with Crippen molar-refractivity contribution in [2.75, 3.05) is 19.8 Å². The Morgan fingerprint density at radius 2 is 2.06 bits per heavy atom. The third kappa shape index (κ3) is 6.29. The second kappa shape index (κ2) is 9.02. The zero-order chi connectivity index (χ0) is 12.3. The number of unbranched alkanes of at least 4 members (excludes halogenated alkanes) is 1. The summed E-state index contributed by atoms with van der Waals surface area (Å²) in [7, 11) is 0. The summed E-state index contributed by atoms with van der Waals surface area (Å²) >= 11 is 0. The lowest BCUT2D eigenvalue weighted by molar-refractivity contribution is 0.208. The maximum Gasteiger partial charge on any atom is 0.119 e. The van der Waals surface area contributed by atoms with Crippen LogP contribution in [0.3, 0.4) is 0 Å². The molecule has 0 aliphatic carbocycles. The van der Waals surface area contributed by atoms with Crippen molar-refractivity contribution in [2.45, 2.75) is 32.2 Å². The summed E-state index contributed by atoms with van der Waals surface area (Å²) in [5, 5.41) is 12.5. The first-order chi connectivity index (χ1) is 8.36. The average molecular weight is 237 g/mol. The second-order valence-corrected chi connectivity index (χ2v) is 4.14. The summed E-state index contributed by atoms with van der Waals surface area (Å²) in [5.74, 6) is 0.887. The maximum absolute atomic E-state index is 9.20. The lowest BCUT2D eigenvalue weighted by Gasteiger charge is -2.16. The van der Waals surface area contributed by atoms with Gasteiger partial charge in [-0.05, 0) is 31.5 Å². The van der Waals surface area contributed by atoms with Crippen LogP contribution in [0.15, 0.2) is 30.3 Å². The van der Waals surface area contributed by atoms with Gasteiger partial charge in [-0.3, -0.25) is 0 Å². The molecular formula is C14H23NO2. The highest BCUT2D eigenvalue weighted by molar-refractivity contribution is 5.20. The van der Waals surface area contributed by atoms with Gasteiger partial charge < -0.3 is 15.2 Å². The predicted molar refractivity (Wildman–Crippen MR) is 70.3 cm³/mol. The summed E-state index contributed by atoms with van der Waals surface area (Å²) in [5.41, 5.74) is 0. The number of rotatable bonds is 9. The highest BCUT2D eigenvalue weighted by Gasteiger charge is 2.05. The van der Waals surface area contributed by atoms with E-state index in [1.54, 1.807) is 0 Å². The number of aliphatic hydroxyl groups excluding tert-OH is 1. The third-order valence-corrected chi connectivity index (χ3v) is 2.66. The lowest BCUT2D eigenvalue weighted by atomic mass is 10.2. The van der Waals surface area contributed by atoms with Crippen molar-refractivity contribution in [2.24, 2.45) is 0 Å². The largest absolute Gasteiger partial charge is 0.494 e. The summed E-state index contributed by atoms with van der Waals surface area (Å²) in [6, 6.07) is 9.91. The molecule has 0 saturated heterocycles. The van der Waals surface area contributed by atoms with Crippen molar-refractivity contribution in [3.63, 3.8) is 0 Å². The third-order valence-electron chi connectivity index (χ3n) is 2.66. The molecular weight excluding hydrogens is 214 g/mol. The Hall–Kier alpha value is -1.06. The molecule has 0 fully saturated rings. The molecule has 0 aliphatic rings. The van der Waals surface area contributed by atoms with Crippen LogP contribution < -0.4 is 10.1 Å². The van der Waals surface area contributed by atoms with Crippen LogP contribution in [0.5, 0.6) is 5.75 Å². The Kier molecular flexibility index (Phi) is 7.43. The maximum atomic E-state index is 9.20. The summed E-state index contributed by atoms with van der Waals surface area (Å²) in [6.07, 6.45) is 3.15. The van der Waals surface area contributed by atoms with Gasteiger partial charge in [0.15, 0.2) is 0 Å². The fraction of sp³-hybridized carbons (Fsp3) is 0.571. The first-order valence-electron chi connectivity index (χ1n) is 6.39. The van der Waals surface area contributed by atoms with E-state index >= 15 is 0 Å². The molecule has 1 aromatic carbocycles. The van der Waals surface area contributed by atoms with Crippen LogP contribution in [0.1, 0.15) is 26.2 Å². The molecule has 1 atom stereocenters. The number of aliphatic hydroxyl groups is 1. The van der Waals surface area contributed by atoms with Crippen LogP contribution in [-0.2, 0) is 0 Å². The Morgan fingerprint density at radius 1 is 1.29 bits per heavy atom. The first-order valence-corrected chi connectivity index (χ1v) is 6.39. The predicted octanol–water partition coefficient (Wildman–Crippen LogP) is 2.21. The Balaban J connectivity index is 2.15. The fourth-order valence-corrected chi connectivity index (χ4v) is 1.58. The second-order valence-electron chi connectivity index (χ2n) is 4.14. The molecule has 17 heavy (non-hydrogen) atoms. The van der Waals surface area contributed by atoms with Gasteiger partial charge >= 0.3 is 0 Å². The van der Waals surface area contributed by atoms with E-state index in [9.17, 15) is 5.11 Å². The van der Waals surface area contributed by atoms with Crippen LogP contribution in [-0.4, -0.2) is 30.9 Å². The zero-order valence-electron chi connectivity index (χ0n) is 10.6. The van der Waals surface area contributed by atoms with E-state index in [2.05, 4.69) is 12.2 Å². The molecule has 0 amide bonds. The molecule has 0 spiro atoms. The number of nitrogens with one attached hydrogen (secondary N) is 1. The normalized spacial score (nSPS) is 12.4. The molecule has 0 saturated carbocycles. The van der Waals surface area contributed by atoms with Gasteiger partial charge in [0.1, 0.15) is 5.75 Å². The number of ether oxygens (including phenoxy) is 1. The molecule has 96 valence electrons. The SMILES string of the molecule is CCCCNC(CO)CCOc1ccccc1. The van der Waals surface area contributed by atoms with E-state index in [0.717, 1.165) is 25.1 Å². The van der Waals surface area contributed by atoms with Gasteiger partial charge in [0.25, 0.3) is 0 Å². The quantitative estimate of drug-likeness (QED) is 0.647. The van der Waals surface area contributed by atoms with Gasteiger partial charge in [-0.2, -0.15) is 0 Å². The minimum atomic E-state index is 0.144. The molecule has 2 N–H and O–H groups in total. The molecule has 3 nitrogen and oxygen atoms in total. The molecule has 0 aliphatic heterocycles. The number of hydrogen-bond acceptors (Lipinski definition) is 3. The van der Waals surface area contributed by atoms with E-state index in [0.29, 0.717) is 6.61 Å². The van der Waals surface area contributed by atoms with Crippen LogP contribution in [0.2, 0.25) is 0 Å². The standard InChI is InChI=1S/C14H23NO2/c1-2-3-10-15-13(12-16)9-11-17-14-7-5-4-6-8-14/h4-8,13,15-16H,2-3,9-12H2,1H3. The van der Waals surface area contributed by atoms with E-state index < -0.39 is 0 Å². The lowest BCUT2D eigenvalue weighted by Crippen LogP contribution is -2.34. The topological polar surface area (TPSA) is 41.5 Å². The van der Waals surface area contributed by atoms with Gasteiger partial charge in [0, 0.05) is 6.04 Å². The monoisotopic (exact) mass is 237 g/mol. The molecule has 1 rings (SSSR count). The molecule has 3 heteroatoms. The van der Waals surface area contributed by atoms with Crippen molar-refractivity contribution in [3.05, 3.63) is 30.3 Å². The van der Waals surface area contributed by atoms with Gasteiger partial charge in [-0.1, -0.05) is 31.5 Å². The highest BCUT2D eigenvalue weighted by Crippen LogP contribution is 2.08. The fourth-order valence-electron chi connectivity index (χ4n) is 1.58. The average Bonchev–Trinajstić information content (AvgIpc) is 2.38. The number of benzene rings is 1. The van der Waals surface area contributed by atoms with E-state index in [1.165, 1.54) is 6.42 Å². The zero-order valence-corrected chi connectivity index (χ0v) is 10.6. The minimum Gasteiger partial charge on any atom is -0.494 e. The van der Waals surface area contributed by atoms with E-state index in [4.69, 9.17) is 4.74 Å². The Morgan fingerprint density at radius 3 is 2.71 bits per heavy atom. The van der Waals surface area contributed by atoms with Gasteiger partial charge in [0.2, 0.25) is 0 Å². The van der Waals surface area contributed by atoms with Crippen LogP contribution in [0.25, 0.3) is 0 Å². The summed E-state index contributed by atoms with van der Waals surface area (Å²) in [6.45, 7) is 3.93. The highest BCUT2D eigenvalue weighted by atomic mass is 16.5. The molecule has 0 radical (unpaired) electrons. The molecule has 1 unspecified atom stereocenters. The summed E-state index contributed by atoms with van der Waals surface area (Å²) < 4.78 is 5.59. The minimum absolute atomic E-state index is 0.144. The molecule has 0 heterocycles. The van der Waals surface area contributed by atoms with E-state index in [1.807, 2.05) is 30.3 Å². The van der Waals surface area contributed by atoms with Crippen LogP contribution in [0.4, 0.5) is 0 Å². The van der Waals surface area contributed by atoms with Gasteiger partial charge in [-0.15, -0.1) is 0 Å². The van der Waals surface area contributed by atoms with Crippen molar-refractivity contribution >= 4 is 0 Å². The summed E-state index contributed by atoms with van der Waals surface area (Å²) in [4.78, 5) is 0. The molecule has 0 bridgehead atoms. The Labute approximate surface area is 104 Å². The first kappa shape index (κ1) is 14.0. The number of hydrogen-bond donors (Lipinski definition) is 2. The molecule has 0 aromatic heterocycles. The Bertz CT molecular complexity index is 277. The van der Waals surface area contributed by atoms with Crippen molar-refractivity contribution in [1.82, 2.24) is 5.32 Å². The van der Waals surface area contributed by atoms with E-state index in [-0.39, 0.29) is 12.6 Å². The van der Waals surface area contributed by atoms with Crippen molar-refractivity contribution in [3.8, 4) is 5.75 Å². The van der Waals surface area contributed by atoms with Crippen molar-refractivity contribution in [1.29, 1.82) is 0 Å².